The van der Waals surface area contributed by atoms with E-state index in [2.05, 4.69) is 10.6 Å². The summed E-state index contributed by atoms with van der Waals surface area (Å²) in [6.45, 7) is 1.69. The molecule has 0 saturated carbocycles. The molecular formula is C16H17N3O4S. The molecule has 0 aliphatic carbocycles. The van der Waals surface area contributed by atoms with Gasteiger partial charge in [-0.1, -0.05) is 31.2 Å². The van der Waals surface area contributed by atoms with E-state index in [4.69, 9.17) is 0 Å². The molecule has 2 aromatic carbocycles. The van der Waals surface area contributed by atoms with E-state index >= 15 is 0 Å². The molecule has 8 heteroatoms. The summed E-state index contributed by atoms with van der Waals surface area (Å²) in [5.74, 6) is -0.237. The van der Waals surface area contributed by atoms with Crippen LogP contribution in [0.2, 0.25) is 0 Å². The average Bonchev–Trinajstić information content (AvgIpc) is 2.55. The molecule has 2 rings (SSSR count). The largest absolute Gasteiger partial charge is 0.333 e. The maximum Gasteiger partial charge on any atom is 0.333 e. The number of sulfonamides is 1. The molecule has 0 unspecified atom stereocenters. The highest BCUT2D eigenvalue weighted by Gasteiger charge is 2.18. The van der Waals surface area contributed by atoms with Crippen LogP contribution in [0.1, 0.15) is 13.3 Å². The summed E-state index contributed by atoms with van der Waals surface area (Å²) < 4.78 is 26.4. The molecule has 0 saturated heterocycles. The Bertz CT molecular complexity index is 835. The monoisotopic (exact) mass is 347 g/mol. The van der Waals surface area contributed by atoms with Gasteiger partial charge in [-0.15, -0.1) is 0 Å². The van der Waals surface area contributed by atoms with Gasteiger partial charge in [0.2, 0.25) is 5.91 Å². The van der Waals surface area contributed by atoms with Crippen molar-refractivity contribution in [2.45, 2.75) is 18.2 Å². The highest BCUT2D eigenvalue weighted by molar-refractivity contribution is 7.90. The van der Waals surface area contributed by atoms with Crippen LogP contribution >= 0.6 is 0 Å². The number of carbonyl (C=O) groups is 2. The smallest absolute Gasteiger partial charge is 0.326 e. The van der Waals surface area contributed by atoms with Crippen molar-refractivity contribution in [1.29, 1.82) is 0 Å². The lowest BCUT2D eigenvalue weighted by atomic mass is 10.3. The van der Waals surface area contributed by atoms with Crippen molar-refractivity contribution in [3.63, 3.8) is 0 Å². The summed E-state index contributed by atoms with van der Waals surface area (Å²) in [6.07, 6.45) is 0.273. The fraction of sp³-hybridized carbons (Fsp3) is 0.125. The number of rotatable bonds is 5. The van der Waals surface area contributed by atoms with Crippen molar-refractivity contribution in [3.8, 4) is 0 Å². The number of benzene rings is 2. The number of para-hydroxylation sites is 1. The highest BCUT2D eigenvalue weighted by atomic mass is 32.2. The minimum absolute atomic E-state index is 0.125. The zero-order chi connectivity index (χ0) is 17.6. The van der Waals surface area contributed by atoms with E-state index in [1.807, 2.05) is 4.72 Å². The summed E-state index contributed by atoms with van der Waals surface area (Å²) in [4.78, 5) is 23.1. The summed E-state index contributed by atoms with van der Waals surface area (Å²) in [7, 11) is -4.06. The first kappa shape index (κ1) is 17.5. The van der Waals surface area contributed by atoms with Gasteiger partial charge in [-0.25, -0.2) is 17.9 Å². The number of hydrogen-bond donors (Lipinski definition) is 3. The second-order valence-corrected chi connectivity index (χ2v) is 6.54. The van der Waals surface area contributed by atoms with Crippen LogP contribution in [-0.2, 0) is 14.8 Å². The van der Waals surface area contributed by atoms with Gasteiger partial charge in [0.15, 0.2) is 0 Å². The van der Waals surface area contributed by atoms with Gasteiger partial charge in [0.1, 0.15) is 0 Å². The van der Waals surface area contributed by atoms with E-state index in [9.17, 15) is 18.0 Å². The molecule has 3 amide bonds. The zero-order valence-corrected chi connectivity index (χ0v) is 13.8. The van der Waals surface area contributed by atoms with E-state index < -0.39 is 16.1 Å². The van der Waals surface area contributed by atoms with Gasteiger partial charge in [0.25, 0.3) is 10.0 Å². The third-order valence-electron chi connectivity index (χ3n) is 3.01. The lowest BCUT2D eigenvalue weighted by molar-refractivity contribution is -0.115. The highest BCUT2D eigenvalue weighted by Crippen LogP contribution is 2.16. The molecule has 126 valence electrons. The van der Waals surface area contributed by atoms with Crippen molar-refractivity contribution < 1.29 is 18.0 Å². The standard InChI is InChI=1S/C16H17N3O4S/c1-2-15(20)17-13-9-6-10-14(11-13)24(22,23)19-16(21)18-12-7-4-3-5-8-12/h3-11H,2H2,1H3,(H,17,20)(H2,18,19,21). The van der Waals surface area contributed by atoms with Crippen molar-refractivity contribution in [1.82, 2.24) is 4.72 Å². The third-order valence-corrected chi connectivity index (χ3v) is 4.34. The quantitative estimate of drug-likeness (QED) is 0.773. The zero-order valence-electron chi connectivity index (χ0n) is 12.9. The van der Waals surface area contributed by atoms with Crippen molar-refractivity contribution in [2.24, 2.45) is 0 Å². The molecule has 0 radical (unpaired) electrons. The van der Waals surface area contributed by atoms with Crippen LogP contribution in [0.4, 0.5) is 16.2 Å². The van der Waals surface area contributed by atoms with Crippen LogP contribution in [0, 0.1) is 0 Å². The minimum atomic E-state index is -4.06. The van der Waals surface area contributed by atoms with Gasteiger partial charge >= 0.3 is 6.03 Å². The number of hydrogen-bond acceptors (Lipinski definition) is 4. The molecule has 24 heavy (non-hydrogen) atoms. The fourth-order valence-corrected chi connectivity index (χ4v) is 2.80. The summed E-state index contributed by atoms with van der Waals surface area (Å²) in [5, 5.41) is 4.99. The molecule has 2 aromatic rings. The SMILES string of the molecule is CCC(=O)Nc1cccc(S(=O)(=O)NC(=O)Nc2ccccc2)c1. The summed E-state index contributed by atoms with van der Waals surface area (Å²) in [5.41, 5.74) is 0.808. The van der Waals surface area contributed by atoms with E-state index in [0.29, 0.717) is 11.4 Å². The summed E-state index contributed by atoms with van der Waals surface area (Å²) in [6, 6.07) is 13.3. The third kappa shape index (κ3) is 4.82. The Morgan fingerprint density at radius 3 is 2.25 bits per heavy atom. The van der Waals surface area contributed by atoms with Crippen LogP contribution in [-0.4, -0.2) is 20.4 Å². The average molecular weight is 347 g/mol. The Kier molecular flexibility index (Phi) is 5.54. The van der Waals surface area contributed by atoms with Gasteiger partial charge in [-0.05, 0) is 30.3 Å². The van der Waals surface area contributed by atoms with E-state index in [0.717, 1.165) is 0 Å². The predicted octanol–water partition coefficient (Wildman–Crippen LogP) is 2.55. The predicted molar refractivity (Wildman–Crippen MR) is 91.1 cm³/mol. The van der Waals surface area contributed by atoms with E-state index in [-0.39, 0.29) is 17.2 Å². The number of nitrogens with one attached hydrogen (secondary N) is 3. The first-order chi connectivity index (χ1) is 11.4. The summed E-state index contributed by atoms with van der Waals surface area (Å²) >= 11 is 0. The maximum absolute atomic E-state index is 12.3. The van der Waals surface area contributed by atoms with E-state index in [1.54, 1.807) is 43.3 Å². The van der Waals surface area contributed by atoms with Crippen LogP contribution in [0.3, 0.4) is 0 Å². The normalized spacial score (nSPS) is 10.7. The topological polar surface area (TPSA) is 104 Å². The number of amides is 3. The maximum atomic E-state index is 12.3. The molecule has 0 heterocycles. The van der Waals surface area contributed by atoms with Gasteiger partial charge in [0, 0.05) is 17.8 Å². The van der Waals surface area contributed by atoms with Crippen molar-refractivity contribution in [3.05, 3.63) is 54.6 Å². The Morgan fingerprint density at radius 1 is 0.917 bits per heavy atom. The van der Waals surface area contributed by atoms with Gasteiger partial charge in [-0.2, -0.15) is 0 Å². The Morgan fingerprint density at radius 2 is 1.58 bits per heavy atom. The molecule has 7 nitrogen and oxygen atoms in total. The van der Waals surface area contributed by atoms with Crippen molar-refractivity contribution >= 4 is 33.3 Å². The fourth-order valence-electron chi connectivity index (χ4n) is 1.85. The Hall–Kier alpha value is -2.87. The van der Waals surface area contributed by atoms with Gasteiger partial charge in [0.05, 0.1) is 4.90 Å². The number of urea groups is 1. The Labute approximate surface area is 140 Å². The lowest BCUT2D eigenvalue weighted by Crippen LogP contribution is -2.34. The molecule has 0 aliphatic rings. The number of carbonyl (C=O) groups excluding carboxylic acids is 2. The van der Waals surface area contributed by atoms with Gasteiger partial charge in [-0.3, -0.25) is 4.79 Å². The first-order valence-electron chi connectivity index (χ1n) is 7.19. The second kappa shape index (κ2) is 7.60. The molecule has 0 aliphatic heterocycles. The molecule has 3 N–H and O–H groups in total. The van der Waals surface area contributed by atoms with Crippen molar-refractivity contribution in [2.75, 3.05) is 10.6 Å². The molecule has 0 aromatic heterocycles. The van der Waals surface area contributed by atoms with Crippen LogP contribution in [0.5, 0.6) is 0 Å². The minimum Gasteiger partial charge on any atom is -0.326 e. The van der Waals surface area contributed by atoms with Crippen LogP contribution in [0.25, 0.3) is 0 Å². The molecule has 0 atom stereocenters. The van der Waals surface area contributed by atoms with Crippen LogP contribution < -0.4 is 15.4 Å². The lowest BCUT2D eigenvalue weighted by Gasteiger charge is -2.10. The second-order valence-electron chi connectivity index (χ2n) is 4.86. The molecule has 0 spiro atoms. The van der Waals surface area contributed by atoms with Crippen LogP contribution in [0.15, 0.2) is 59.5 Å². The number of anilines is 2. The van der Waals surface area contributed by atoms with Gasteiger partial charge < -0.3 is 10.6 Å². The first-order valence-corrected chi connectivity index (χ1v) is 8.68. The van der Waals surface area contributed by atoms with E-state index in [1.165, 1.54) is 18.2 Å². The molecule has 0 bridgehead atoms. The molecular weight excluding hydrogens is 330 g/mol. The molecule has 0 fully saturated rings. The Balaban J connectivity index is 2.11.